The van der Waals surface area contributed by atoms with Crippen molar-refractivity contribution in [2.45, 2.75) is 18.9 Å². The van der Waals surface area contributed by atoms with Crippen molar-refractivity contribution >= 4 is 17.5 Å². The van der Waals surface area contributed by atoms with Crippen LogP contribution in [0, 0.1) is 11.6 Å². The van der Waals surface area contributed by atoms with Crippen LogP contribution in [0.25, 0.3) is 0 Å². The molecule has 92 valence electrons. The maximum absolute atomic E-state index is 13.4. The van der Waals surface area contributed by atoms with E-state index in [1.807, 2.05) is 0 Å². The number of nitrogen functional groups attached to an aromatic ring is 1. The van der Waals surface area contributed by atoms with E-state index >= 15 is 0 Å². The standard InChI is InChI=1S/C10H12F2N4O/c11-6-3-7(12)10(16-9(6)13)15-5-1-2-8(17)14-4-5/h3,5H,1-2,4H2,(H,14,17)(H3,13,15,16). The van der Waals surface area contributed by atoms with Gasteiger partial charge in [0.05, 0.1) is 0 Å². The van der Waals surface area contributed by atoms with Gasteiger partial charge in [0.2, 0.25) is 5.91 Å². The van der Waals surface area contributed by atoms with E-state index in [-0.39, 0.29) is 23.6 Å². The smallest absolute Gasteiger partial charge is 0.220 e. The van der Waals surface area contributed by atoms with Gasteiger partial charge >= 0.3 is 0 Å². The molecule has 1 fully saturated rings. The molecule has 1 amide bonds. The first kappa shape index (κ1) is 11.6. The highest BCUT2D eigenvalue weighted by atomic mass is 19.1. The van der Waals surface area contributed by atoms with E-state index in [1.165, 1.54) is 0 Å². The fraction of sp³-hybridized carbons (Fsp3) is 0.400. The third-order valence-electron chi connectivity index (χ3n) is 2.56. The molecule has 1 saturated heterocycles. The van der Waals surface area contributed by atoms with E-state index < -0.39 is 11.6 Å². The molecule has 1 atom stereocenters. The second kappa shape index (κ2) is 4.52. The number of rotatable bonds is 2. The van der Waals surface area contributed by atoms with Gasteiger partial charge in [-0.1, -0.05) is 0 Å². The highest BCUT2D eigenvalue weighted by molar-refractivity contribution is 5.77. The van der Waals surface area contributed by atoms with Gasteiger partial charge in [0.25, 0.3) is 0 Å². The molecule has 2 heterocycles. The van der Waals surface area contributed by atoms with Crippen LogP contribution in [-0.4, -0.2) is 23.5 Å². The van der Waals surface area contributed by atoms with Gasteiger partial charge in [0.1, 0.15) is 0 Å². The molecule has 1 aromatic heterocycles. The third kappa shape index (κ3) is 2.61. The van der Waals surface area contributed by atoms with Gasteiger partial charge in [-0.25, -0.2) is 13.8 Å². The Morgan fingerprint density at radius 3 is 2.88 bits per heavy atom. The van der Waals surface area contributed by atoms with Crippen molar-refractivity contribution in [2.24, 2.45) is 0 Å². The first-order chi connectivity index (χ1) is 8.06. The van der Waals surface area contributed by atoms with E-state index in [9.17, 15) is 13.6 Å². The van der Waals surface area contributed by atoms with Gasteiger partial charge in [-0.3, -0.25) is 4.79 Å². The molecule has 5 nitrogen and oxygen atoms in total. The number of amides is 1. The number of aromatic nitrogens is 1. The Hall–Kier alpha value is -1.92. The number of hydrogen-bond donors (Lipinski definition) is 3. The van der Waals surface area contributed by atoms with Crippen LogP contribution in [0.3, 0.4) is 0 Å². The number of anilines is 2. The normalized spacial score (nSPS) is 19.9. The number of nitrogens with zero attached hydrogens (tertiary/aromatic N) is 1. The number of carbonyl (C=O) groups is 1. The zero-order valence-corrected chi connectivity index (χ0v) is 8.96. The second-order valence-corrected chi connectivity index (χ2v) is 3.87. The molecule has 0 aliphatic carbocycles. The van der Waals surface area contributed by atoms with Crippen LogP contribution >= 0.6 is 0 Å². The minimum atomic E-state index is -0.884. The monoisotopic (exact) mass is 242 g/mol. The summed E-state index contributed by atoms with van der Waals surface area (Å²) in [7, 11) is 0. The zero-order valence-electron chi connectivity index (χ0n) is 8.96. The van der Waals surface area contributed by atoms with Crippen LogP contribution in [0.5, 0.6) is 0 Å². The van der Waals surface area contributed by atoms with Gasteiger partial charge in [0, 0.05) is 25.1 Å². The van der Waals surface area contributed by atoms with Gasteiger partial charge < -0.3 is 16.4 Å². The zero-order chi connectivity index (χ0) is 12.4. The predicted octanol–water partition coefficient (Wildman–Crippen LogP) is 0.632. The largest absolute Gasteiger partial charge is 0.381 e. The van der Waals surface area contributed by atoms with E-state index in [2.05, 4.69) is 15.6 Å². The molecule has 1 unspecified atom stereocenters. The van der Waals surface area contributed by atoms with E-state index in [0.717, 1.165) is 0 Å². The summed E-state index contributed by atoms with van der Waals surface area (Å²) >= 11 is 0. The van der Waals surface area contributed by atoms with E-state index in [1.54, 1.807) is 0 Å². The Morgan fingerprint density at radius 1 is 1.47 bits per heavy atom. The molecule has 7 heteroatoms. The molecule has 0 radical (unpaired) electrons. The molecule has 0 bridgehead atoms. The first-order valence-electron chi connectivity index (χ1n) is 5.21. The molecule has 4 N–H and O–H groups in total. The van der Waals surface area contributed by atoms with Gasteiger partial charge in [0.15, 0.2) is 23.3 Å². The van der Waals surface area contributed by atoms with Crippen molar-refractivity contribution < 1.29 is 13.6 Å². The number of halogens is 2. The van der Waals surface area contributed by atoms with Gasteiger partial charge in [-0.05, 0) is 6.42 Å². The molecule has 0 saturated carbocycles. The van der Waals surface area contributed by atoms with Crippen molar-refractivity contribution in [1.82, 2.24) is 10.3 Å². The molecular weight excluding hydrogens is 230 g/mol. The Morgan fingerprint density at radius 2 is 2.24 bits per heavy atom. The number of hydrogen-bond acceptors (Lipinski definition) is 4. The molecule has 17 heavy (non-hydrogen) atoms. The van der Waals surface area contributed by atoms with Crippen molar-refractivity contribution in [1.29, 1.82) is 0 Å². The van der Waals surface area contributed by atoms with Crippen LogP contribution in [0.15, 0.2) is 6.07 Å². The first-order valence-corrected chi connectivity index (χ1v) is 5.21. The maximum Gasteiger partial charge on any atom is 0.220 e. The van der Waals surface area contributed by atoms with E-state index in [4.69, 9.17) is 5.73 Å². The second-order valence-electron chi connectivity index (χ2n) is 3.87. The van der Waals surface area contributed by atoms with Crippen molar-refractivity contribution in [3.05, 3.63) is 17.7 Å². The van der Waals surface area contributed by atoms with Crippen molar-refractivity contribution in [2.75, 3.05) is 17.6 Å². The Labute approximate surface area is 96.4 Å². The minimum Gasteiger partial charge on any atom is -0.381 e. The lowest BCUT2D eigenvalue weighted by Crippen LogP contribution is -2.42. The lowest BCUT2D eigenvalue weighted by atomic mass is 10.1. The summed E-state index contributed by atoms with van der Waals surface area (Å²) in [5.41, 5.74) is 5.25. The van der Waals surface area contributed by atoms with Crippen LogP contribution in [0.4, 0.5) is 20.4 Å². The summed E-state index contributed by atoms with van der Waals surface area (Å²) in [5, 5.41) is 5.43. The number of nitrogens with one attached hydrogen (secondary N) is 2. The summed E-state index contributed by atoms with van der Waals surface area (Å²) in [6.07, 6.45) is 0.945. The number of piperidine rings is 1. The summed E-state index contributed by atoms with van der Waals surface area (Å²) < 4.78 is 26.2. The molecule has 1 aromatic rings. The summed E-state index contributed by atoms with van der Waals surface area (Å²) in [4.78, 5) is 14.5. The third-order valence-corrected chi connectivity index (χ3v) is 2.56. The van der Waals surface area contributed by atoms with Crippen LogP contribution < -0.4 is 16.4 Å². The highest BCUT2D eigenvalue weighted by Gasteiger charge is 2.20. The molecule has 1 aliphatic rings. The number of pyridine rings is 1. The molecular formula is C10H12F2N4O. The van der Waals surface area contributed by atoms with Gasteiger partial charge in [-0.15, -0.1) is 0 Å². The highest BCUT2D eigenvalue weighted by Crippen LogP contribution is 2.18. The van der Waals surface area contributed by atoms with E-state index in [0.29, 0.717) is 25.5 Å². The molecule has 1 aliphatic heterocycles. The quantitative estimate of drug-likeness (QED) is 0.710. The SMILES string of the molecule is Nc1nc(NC2CCC(=O)NC2)c(F)cc1F. The Bertz CT molecular complexity index is 442. The van der Waals surface area contributed by atoms with Crippen LogP contribution in [0.1, 0.15) is 12.8 Å². The fourth-order valence-electron chi connectivity index (χ4n) is 1.63. The lowest BCUT2D eigenvalue weighted by molar-refractivity contribution is -0.122. The molecule has 0 aromatic carbocycles. The van der Waals surface area contributed by atoms with Gasteiger partial charge in [-0.2, -0.15) is 0 Å². The fourth-order valence-corrected chi connectivity index (χ4v) is 1.63. The van der Waals surface area contributed by atoms with Crippen LogP contribution in [0.2, 0.25) is 0 Å². The van der Waals surface area contributed by atoms with Crippen molar-refractivity contribution in [3.63, 3.8) is 0 Å². The minimum absolute atomic E-state index is 0.0323. The summed E-state index contributed by atoms with van der Waals surface area (Å²) in [6.45, 7) is 0.386. The Kier molecular flexibility index (Phi) is 3.08. The van der Waals surface area contributed by atoms with Crippen LogP contribution in [-0.2, 0) is 4.79 Å². The summed E-state index contributed by atoms with van der Waals surface area (Å²) in [6, 6.07) is 0.561. The topological polar surface area (TPSA) is 80.0 Å². The predicted molar refractivity (Wildman–Crippen MR) is 58.2 cm³/mol. The number of nitrogens with two attached hydrogens (primary N) is 1. The average molecular weight is 242 g/mol. The maximum atomic E-state index is 13.4. The summed E-state index contributed by atoms with van der Waals surface area (Å²) in [5.74, 6) is -2.16. The lowest BCUT2D eigenvalue weighted by Gasteiger charge is -2.24. The molecule has 0 spiro atoms. The molecule has 2 rings (SSSR count). The average Bonchev–Trinajstić information content (AvgIpc) is 2.29. The van der Waals surface area contributed by atoms with Crippen molar-refractivity contribution in [3.8, 4) is 0 Å². The number of carbonyl (C=O) groups excluding carboxylic acids is 1. The Balaban J connectivity index is 2.08.